The van der Waals surface area contributed by atoms with E-state index in [0.29, 0.717) is 11.3 Å². The minimum absolute atomic E-state index is 0.155. The molecule has 0 amide bonds. The molecule has 0 spiro atoms. The molecule has 5 heteroatoms. The van der Waals surface area contributed by atoms with Crippen LogP contribution < -0.4 is 4.74 Å². The van der Waals surface area contributed by atoms with E-state index in [1.54, 1.807) is 24.3 Å². The van der Waals surface area contributed by atoms with Gasteiger partial charge in [-0.25, -0.2) is 4.39 Å². The van der Waals surface area contributed by atoms with Crippen molar-refractivity contribution in [2.75, 3.05) is 7.11 Å². The molecule has 0 saturated heterocycles. The van der Waals surface area contributed by atoms with Crippen LogP contribution in [0.25, 0.3) is 0 Å². The first-order chi connectivity index (χ1) is 10.1. The number of hydrogen-bond acceptors (Lipinski definition) is 3. The van der Waals surface area contributed by atoms with Gasteiger partial charge >= 0.3 is 0 Å². The molecule has 0 N–H and O–H groups in total. The Morgan fingerprint density at radius 1 is 1.33 bits per heavy atom. The summed E-state index contributed by atoms with van der Waals surface area (Å²) in [4.78, 5) is 12.4. The maximum absolute atomic E-state index is 13.2. The highest BCUT2D eigenvalue weighted by molar-refractivity contribution is 6.31. The number of methoxy groups -OCH3 is 1. The molecule has 0 aliphatic carbocycles. The van der Waals surface area contributed by atoms with Crippen molar-refractivity contribution in [3.05, 3.63) is 64.4 Å². The predicted molar refractivity (Wildman–Crippen MR) is 77.1 cm³/mol. The Labute approximate surface area is 126 Å². The van der Waals surface area contributed by atoms with Crippen molar-refractivity contribution < 1.29 is 13.9 Å². The van der Waals surface area contributed by atoms with Crippen molar-refractivity contribution in [3.63, 3.8) is 0 Å². The van der Waals surface area contributed by atoms with Crippen LogP contribution in [0.3, 0.4) is 0 Å². The molecule has 106 valence electrons. The quantitative estimate of drug-likeness (QED) is 0.803. The third-order valence-corrected chi connectivity index (χ3v) is 3.33. The summed E-state index contributed by atoms with van der Waals surface area (Å²) in [5.41, 5.74) is 0.645. The number of carbonyl (C=O) groups is 1. The zero-order valence-electron chi connectivity index (χ0n) is 11.1. The van der Waals surface area contributed by atoms with Gasteiger partial charge < -0.3 is 4.74 Å². The second-order valence-electron chi connectivity index (χ2n) is 4.30. The van der Waals surface area contributed by atoms with E-state index in [-0.39, 0.29) is 10.6 Å². The Morgan fingerprint density at radius 3 is 2.67 bits per heavy atom. The van der Waals surface area contributed by atoms with Crippen molar-refractivity contribution in [2.24, 2.45) is 0 Å². The number of benzene rings is 2. The number of carbonyl (C=O) groups excluding carboxylic acids is 1. The highest BCUT2D eigenvalue weighted by Crippen LogP contribution is 2.29. The fourth-order valence-corrected chi connectivity index (χ4v) is 2.17. The highest BCUT2D eigenvalue weighted by Gasteiger charge is 2.25. The SMILES string of the molecule is COc1ccccc1C(C#N)C(=O)c1ccc(F)c(Cl)c1. The van der Waals surface area contributed by atoms with E-state index in [1.165, 1.54) is 19.2 Å². The first-order valence-corrected chi connectivity index (χ1v) is 6.48. The number of halogens is 2. The number of nitriles is 1. The fraction of sp³-hybridized carbons (Fsp3) is 0.125. The lowest BCUT2D eigenvalue weighted by Gasteiger charge is -2.13. The van der Waals surface area contributed by atoms with Crippen LogP contribution in [0.4, 0.5) is 4.39 Å². The molecule has 0 aliphatic rings. The van der Waals surface area contributed by atoms with Crippen molar-refractivity contribution in [2.45, 2.75) is 5.92 Å². The molecule has 2 aromatic carbocycles. The number of para-hydroxylation sites is 1. The topological polar surface area (TPSA) is 50.1 Å². The van der Waals surface area contributed by atoms with Crippen LogP contribution >= 0.6 is 11.6 Å². The fourth-order valence-electron chi connectivity index (χ4n) is 1.99. The van der Waals surface area contributed by atoms with Crippen LogP contribution in [0.15, 0.2) is 42.5 Å². The molecule has 2 rings (SSSR count). The smallest absolute Gasteiger partial charge is 0.184 e. The molecule has 0 aliphatic heterocycles. The van der Waals surface area contributed by atoms with Crippen LogP contribution in [0.2, 0.25) is 5.02 Å². The summed E-state index contributed by atoms with van der Waals surface area (Å²) in [5.74, 6) is -1.66. The number of ether oxygens (including phenoxy) is 1. The van der Waals surface area contributed by atoms with Crippen molar-refractivity contribution in [1.82, 2.24) is 0 Å². The summed E-state index contributed by atoms with van der Waals surface area (Å²) < 4.78 is 18.3. The van der Waals surface area contributed by atoms with Gasteiger partial charge in [-0.15, -0.1) is 0 Å². The number of rotatable bonds is 4. The lowest BCUT2D eigenvalue weighted by Crippen LogP contribution is -2.12. The van der Waals surface area contributed by atoms with E-state index in [1.807, 2.05) is 6.07 Å². The third-order valence-electron chi connectivity index (χ3n) is 3.05. The van der Waals surface area contributed by atoms with Gasteiger partial charge in [-0.05, 0) is 24.3 Å². The van der Waals surface area contributed by atoms with Gasteiger partial charge in [0.15, 0.2) is 5.78 Å². The second kappa shape index (κ2) is 6.38. The molecular formula is C16H11ClFNO2. The average molecular weight is 304 g/mol. The van der Waals surface area contributed by atoms with Crippen molar-refractivity contribution in [1.29, 1.82) is 5.26 Å². The Balaban J connectivity index is 2.44. The van der Waals surface area contributed by atoms with E-state index in [4.69, 9.17) is 16.3 Å². The van der Waals surface area contributed by atoms with Gasteiger partial charge in [0.2, 0.25) is 0 Å². The Morgan fingerprint density at radius 2 is 2.05 bits per heavy atom. The lowest BCUT2D eigenvalue weighted by molar-refractivity contribution is 0.0977. The second-order valence-corrected chi connectivity index (χ2v) is 4.70. The molecule has 0 saturated carbocycles. The Kier molecular flexibility index (Phi) is 4.56. The molecule has 1 unspecified atom stereocenters. The average Bonchev–Trinajstić information content (AvgIpc) is 2.51. The van der Waals surface area contributed by atoms with Crippen LogP contribution in [0.5, 0.6) is 5.75 Å². The monoisotopic (exact) mass is 303 g/mol. The molecule has 0 fully saturated rings. The molecule has 0 bridgehead atoms. The van der Waals surface area contributed by atoms with E-state index in [9.17, 15) is 14.4 Å². The summed E-state index contributed by atoms with van der Waals surface area (Å²) >= 11 is 5.68. The van der Waals surface area contributed by atoms with Gasteiger partial charge in [0, 0.05) is 11.1 Å². The molecule has 1 atom stereocenters. The standard InChI is InChI=1S/C16H11ClFNO2/c1-21-15-5-3-2-4-11(15)12(9-19)16(20)10-6-7-14(18)13(17)8-10/h2-8,12H,1H3. The lowest BCUT2D eigenvalue weighted by atomic mass is 9.91. The summed E-state index contributed by atoms with van der Waals surface area (Å²) in [6.45, 7) is 0. The van der Waals surface area contributed by atoms with Gasteiger partial charge in [0.05, 0.1) is 18.2 Å². The Hall–Kier alpha value is -2.38. The van der Waals surface area contributed by atoms with Gasteiger partial charge in [-0.1, -0.05) is 29.8 Å². The van der Waals surface area contributed by atoms with Crippen molar-refractivity contribution >= 4 is 17.4 Å². The Bertz CT molecular complexity index is 724. The van der Waals surface area contributed by atoms with Crippen LogP contribution in [-0.2, 0) is 0 Å². The zero-order valence-corrected chi connectivity index (χ0v) is 11.9. The molecule has 2 aromatic rings. The molecule has 0 heterocycles. The minimum Gasteiger partial charge on any atom is -0.496 e. The number of hydrogen-bond donors (Lipinski definition) is 0. The van der Waals surface area contributed by atoms with Crippen LogP contribution in [0, 0.1) is 17.1 Å². The van der Waals surface area contributed by atoms with Gasteiger partial charge in [-0.3, -0.25) is 4.79 Å². The largest absolute Gasteiger partial charge is 0.496 e. The summed E-state index contributed by atoms with van der Waals surface area (Å²) in [7, 11) is 1.46. The number of ketones is 1. The van der Waals surface area contributed by atoms with Crippen LogP contribution in [0.1, 0.15) is 21.8 Å². The van der Waals surface area contributed by atoms with E-state index < -0.39 is 17.5 Å². The normalized spacial score (nSPS) is 11.5. The molecule has 0 aromatic heterocycles. The highest BCUT2D eigenvalue weighted by atomic mass is 35.5. The van der Waals surface area contributed by atoms with E-state index in [2.05, 4.69) is 0 Å². The van der Waals surface area contributed by atoms with E-state index >= 15 is 0 Å². The predicted octanol–water partition coefficient (Wildman–Crippen LogP) is 3.98. The number of nitrogens with zero attached hydrogens (tertiary/aromatic N) is 1. The first kappa shape index (κ1) is 15.0. The van der Waals surface area contributed by atoms with Crippen LogP contribution in [-0.4, -0.2) is 12.9 Å². The summed E-state index contributed by atoms with van der Waals surface area (Å²) in [5, 5.41) is 9.17. The number of Topliss-reactive ketones (excluding diaryl/α,β-unsaturated/α-hetero) is 1. The summed E-state index contributed by atoms with van der Waals surface area (Å²) in [6, 6.07) is 12.4. The van der Waals surface area contributed by atoms with Crippen molar-refractivity contribution in [3.8, 4) is 11.8 Å². The third kappa shape index (κ3) is 3.04. The van der Waals surface area contributed by atoms with Gasteiger partial charge in [-0.2, -0.15) is 5.26 Å². The molecule has 21 heavy (non-hydrogen) atoms. The van der Waals surface area contributed by atoms with E-state index in [0.717, 1.165) is 6.07 Å². The maximum Gasteiger partial charge on any atom is 0.184 e. The van der Waals surface area contributed by atoms with Gasteiger partial charge in [0.25, 0.3) is 0 Å². The first-order valence-electron chi connectivity index (χ1n) is 6.10. The molecule has 3 nitrogen and oxygen atoms in total. The van der Waals surface area contributed by atoms with Gasteiger partial charge in [0.1, 0.15) is 17.5 Å². The summed E-state index contributed by atoms with van der Waals surface area (Å²) in [6.07, 6.45) is 0. The molecule has 0 radical (unpaired) electrons. The molecular weight excluding hydrogens is 293 g/mol. The zero-order chi connectivity index (χ0) is 15.4. The minimum atomic E-state index is -1.04. The maximum atomic E-state index is 13.2.